The Morgan fingerprint density at radius 2 is 1.70 bits per heavy atom. The summed E-state index contributed by atoms with van der Waals surface area (Å²) in [5, 5.41) is 0. The van der Waals surface area contributed by atoms with Crippen LogP contribution in [-0.2, 0) is 4.74 Å². The van der Waals surface area contributed by atoms with Gasteiger partial charge in [0.15, 0.2) is 0 Å². The summed E-state index contributed by atoms with van der Waals surface area (Å²) in [5.41, 5.74) is 0. The Kier molecular flexibility index (Phi) is 7.04. The fraction of sp³-hybridized carbons (Fsp3) is 1.00. The van der Waals surface area contributed by atoms with Gasteiger partial charge >= 0.3 is 0 Å². The summed E-state index contributed by atoms with van der Waals surface area (Å²) in [6.07, 6.45) is 3.64. The minimum absolute atomic E-state index is 0.784. The highest BCUT2D eigenvalue weighted by Gasteiger charge is 2.01. The van der Waals surface area contributed by atoms with Crippen molar-refractivity contribution in [3.05, 3.63) is 0 Å². The van der Waals surface area contributed by atoms with E-state index in [2.05, 4.69) is 20.8 Å². The summed E-state index contributed by atoms with van der Waals surface area (Å²) in [6, 6.07) is 0. The van der Waals surface area contributed by atoms with Crippen LogP contribution in [0.4, 0.5) is 0 Å². The zero-order valence-electron chi connectivity index (χ0n) is 7.52. The second-order valence-corrected chi connectivity index (χ2v) is 2.76. The molecule has 0 spiro atoms. The Balaban J connectivity index is 3.09. The van der Waals surface area contributed by atoms with Gasteiger partial charge in [-0.3, -0.25) is 0 Å². The van der Waals surface area contributed by atoms with E-state index in [1.165, 1.54) is 12.8 Å². The van der Waals surface area contributed by atoms with Crippen LogP contribution in [0.2, 0.25) is 0 Å². The van der Waals surface area contributed by atoms with E-state index in [0.29, 0.717) is 0 Å². The highest BCUT2D eigenvalue weighted by atomic mass is 16.5. The summed E-state index contributed by atoms with van der Waals surface area (Å²) in [4.78, 5) is 0. The smallest absolute Gasteiger partial charge is 0.0494 e. The molecular weight excluding hydrogens is 124 g/mol. The van der Waals surface area contributed by atoms with Crippen LogP contribution in [0.3, 0.4) is 0 Å². The van der Waals surface area contributed by atoms with Crippen molar-refractivity contribution in [3.63, 3.8) is 0 Å². The number of hydrogen-bond acceptors (Lipinski definition) is 1. The highest BCUT2D eigenvalue weighted by molar-refractivity contribution is 4.51. The van der Waals surface area contributed by atoms with Gasteiger partial charge in [0.05, 0.1) is 0 Å². The van der Waals surface area contributed by atoms with Gasteiger partial charge in [-0.25, -0.2) is 0 Å². The van der Waals surface area contributed by atoms with Crippen LogP contribution in [0.1, 0.15) is 40.0 Å². The third-order valence-corrected chi connectivity index (χ3v) is 1.86. The van der Waals surface area contributed by atoms with Gasteiger partial charge in [0.1, 0.15) is 0 Å². The molecule has 0 rings (SSSR count). The van der Waals surface area contributed by atoms with E-state index in [1.54, 1.807) is 0 Å². The molecule has 1 nitrogen and oxygen atoms in total. The van der Waals surface area contributed by atoms with Crippen molar-refractivity contribution in [2.24, 2.45) is 5.92 Å². The minimum Gasteiger partial charge on any atom is -0.381 e. The van der Waals surface area contributed by atoms with Gasteiger partial charge in [-0.05, 0) is 12.3 Å². The van der Waals surface area contributed by atoms with E-state index in [0.717, 1.165) is 25.6 Å². The lowest BCUT2D eigenvalue weighted by Gasteiger charge is -2.11. The topological polar surface area (TPSA) is 9.23 Å². The first kappa shape index (κ1) is 9.96. The molecule has 62 valence electrons. The Morgan fingerprint density at radius 1 is 1.10 bits per heavy atom. The fourth-order valence-corrected chi connectivity index (χ4v) is 0.919. The van der Waals surface area contributed by atoms with Gasteiger partial charge in [-0.2, -0.15) is 0 Å². The molecule has 0 heterocycles. The van der Waals surface area contributed by atoms with Gasteiger partial charge < -0.3 is 4.74 Å². The van der Waals surface area contributed by atoms with E-state index in [1.807, 2.05) is 0 Å². The van der Waals surface area contributed by atoms with Crippen LogP contribution in [-0.4, -0.2) is 13.2 Å². The second kappa shape index (κ2) is 7.07. The standard InChI is InChI=1S/C9H20O/c1-4-7-10-8-9(5-2)6-3/h9H,4-8H2,1-3H3. The zero-order valence-corrected chi connectivity index (χ0v) is 7.52. The molecule has 1 heteroatoms. The van der Waals surface area contributed by atoms with Crippen LogP contribution in [0.5, 0.6) is 0 Å². The summed E-state index contributed by atoms with van der Waals surface area (Å²) < 4.78 is 5.43. The quantitative estimate of drug-likeness (QED) is 0.521. The van der Waals surface area contributed by atoms with E-state index >= 15 is 0 Å². The van der Waals surface area contributed by atoms with Crippen LogP contribution < -0.4 is 0 Å². The maximum absolute atomic E-state index is 5.43. The van der Waals surface area contributed by atoms with Crippen molar-refractivity contribution < 1.29 is 4.74 Å². The normalized spacial score (nSPS) is 10.8. The molecule has 0 unspecified atom stereocenters. The number of hydrogen-bond donors (Lipinski definition) is 0. The molecule has 10 heavy (non-hydrogen) atoms. The third kappa shape index (κ3) is 4.80. The second-order valence-electron chi connectivity index (χ2n) is 2.76. The van der Waals surface area contributed by atoms with Gasteiger partial charge in [-0.15, -0.1) is 0 Å². The van der Waals surface area contributed by atoms with Gasteiger partial charge in [-0.1, -0.05) is 33.6 Å². The monoisotopic (exact) mass is 144 g/mol. The van der Waals surface area contributed by atoms with Crippen LogP contribution >= 0.6 is 0 Å². The minimum atomic E-state index is 0.784. The molecule has 0 bridgehead atoms. The first-order chi connectivity index (χ1) is 4.85. The molecule has 0 saturated carbocycles. The lowest BCUT2D eigenvalue weighted by Crippen LogP contribution is -2.07. The third-order valence-electron chi connectivity index (χ3n) is 1.86. The molecule has 0 aromatic heterocycles. The Morgan fingerprint density at radius 3 is 2.10 bits per heavy atom. The predicted octanol–water partition coefficient (Wildman–Crippen LogP) is 2.85. The van der Waals surface area contributed by atoms with Crippen molar-refractivity contribution in [2.45, 2.75) is 40.0 Å². The highest BCUT2D eigenvalue weighted by Crippen LogP contribution is 2.07. The Bertz CT molecular complexity index is 57.7. The summed E-state index contributed by atoms with van der Waals surface area (Å²) in [6.45, 7) is 8.48. The van der Waals surface area contributed by atoms with Crippen molar-refractivity contribution in [2.75, 3.05) is 13.2 Å². The molecule has 0 saturated heterocycles. The van der Waals surface area contributed by atoms with Crippen LogP contribution in [0.15, 0.2) is 0 Å². The van der Waals surface area contributed by atoms with Crippen LogP contribution in [0.25, 0.3) is 0 Å². The maximum Gasteiger partial charge on any atom is 0.0494 e. The Hall–Kier alpha value is -0.0400. The van der Waals surface area contributed by atoms with Gasteiger partial charge in [0.25, 0.3) is 0 Å². The fourth-order valence-electron chi connectivity index (χ4n) is 0.919. The molecule has 0 aliphatic rings. The largest absolute Gasteiger partial charge is 0.381 e. The lowest BCUT2D eigenvalue weighted by atomic mass is 10.1. The van der Waals surface area contributed by atoms with Crippen molar-refractivity contribution in [1.29, 1.82) is 0 Å². The SMILES string of the molecule is CCCOCC(CC)CC. The van der Waals surface area contributed by atoms with E-state index in [-0.39, 0.29) is 0 Å². The van der Waals surface area contributed by atoms with Crippen molar-refractivity contribution in [1.82, 2.24) is 0 Å². The zero-order chi connectivity index (χ0) is 7.82. The van der Waals surface area contributed by atoms with Gasteiger partial charge in [0.2, 0.25) is 0 Å². The summed E-state index contributed by atoms with van der Waals surface area (Å²) in [7, 11) is 0. The first-order valence-electron chi connectivity index (χ1n) is 4.42. The predicted molar refractivity (Wildman–Crippen MR) is 45.2 cm³/mol. The molecular formula is C9H20O. The number of ether oxygens (including phenoxy) is 1. The lowest BCUT2D eigenvalue weighted by molar-refractivity contribution is 0.0970. The molecule has 0 fully saturated rings. The van der Waals surface area contributed by atoms with Crippen molar-refractivity contribution in [3.8, 4) is 0 Å². The van der Waals surface area contributed by atoms with Crippen LogP contribution in [0, 0.1) is 5.92 Å². The number of rotatable bonds is 6. The molecule has 0 aliphatic carbocycles. The van der Waals surface area contributed by atoms with E-state index < -0.39 is 0 Å². The van der Waals surface area contributed by atoms with E-state index in [9.17, 15) is 0 Å². The molecule has 0 N–H and O–H groups in total. The molecule has 0 amide bonds. The van der Waals surface area contributed by atoms with E-state index in [4.69, 9.17) is 4.74 Å². The Labute approximate surface area is 64.8 Å². The summed E-state index contributed by atoms with van der Waals surface area (Å²) >= 11 is 0. The molecule has 0 atom stereocenters. The summed E-state index contributed by atoms with van der Waals surface area (Å²) in [5.74, 6) is 0.784. The average Bonchev–Trinajstić information content (AvgIpc) is 1.99. The molecule has 0 radical (unpaired) electrons. The van der Waals surface area contributed by atoms with Gasteiger partial charge in [0, 0.05) is 13.2 Å². The molecule has 0 aromatic carbocycles. The first-order valence-corrected chi connectivity index (χ1v) is 4.42. The molecule has 0 aliphatic heterocycles. The molecule has 0 aromatic rings. The van der Waals surface area contributed by atoms with Crippen molar-refractivity contribution >= 4 is 0 Å². The maximum atomic E-state index is 5.43. The average molecular weight is 144 g/mol.